The molecule has 1 heterocycles. The van der Waals surface area contributed by atoms with Crippen LogP contribution < -0.4 is 4.72 Å². The summed E-state index contributed by atoms with van der Waals surface area (Å²) in [4.78, 5) is 3.10. The molecule has 0 saturated heterocycles. The van der Waals surface area contributed by atoms with Crippen LogP contribution in [0.4, 0.5) is 0 Å². The molecule has 0 bridgehead atoms. The number of rotatable bonds is 5. The van der Waals surface area contributed by atoms with Crippen molar-refractivity contribution in [2.75, 3.05) is 12.8 Å². The van der Waals surface area contributed by atoms with Gasteiger partial charge in [-0.15, -0.1) is 0 Å². The molecule has 1 aromatic heterocycles. The van der Waals surface area contributed by atoms with Gasteiger partial charge in [0.2, 0.25) is 10.0 Å². The minimum absolute atomic E-state index is 0.0625. The molecule has 0 aliphatic carbocycles. The average Bonchev–Trinajstić information content (AvgIpc) is 2.80. The molecule has 0 saturated carbocycles. The number of aromatic amines is 1. The van der Waals surface area contributed by atoms with Crippen molar-refractivity contribution in [2.24, 2.45) is 0 Å². The number of hydrogen-bond donors (Lipinski definition) is 2. The second kappa shape index (κ2) is 5.43. The Kier molecular flexibility index (Phi) is 3.88. The topological polar surface area (TPSA) is 85.8 Å². The first kappa shape index (κ1) is 13.6. The quantitative estimate of drug-likeness (QED) is 0.864. The molecule has 2 N–H and O–H groups in total. The Morgan fingerprint density at radius 3 is 2.89 bits per heavy atom. The average molecular weight is 277 g/mol. The summed E-state index contributed by atoms with van der Waals surface area (Å²) in [5.74, 6) is 0.0625. The van der Waals surface area contributed by atoms with Crippen LogP contribution in [-0.4, -0.2) is 26.2 Å². The van der Waals surface area contributed by atoms with Crippen LogP contribution in [0.1, 0.15) is 11.1 Å². The zero-order valence-corrected chi connectivity index (χ0v) is 11.4. The van der Waals surface area contributed by atoms with Gasteiger partial charge < -0.3 is 4.98 Å². The number of benzene rings is 1. The van der Waals surface area contributed by atoms with E-state index in [-0.39, 0.29) is 5.75 Å². The van der Waals surface area contributed by atoms with Gasteiger partial charge in [0.25, 0.3) is 0 Å². The van der Waals surface area contributed by atoms with Crippen molar-refractivity contribution < 1.29 is 8.42 Å². The van der Waals surface area contributed by atoms with Gasteiger partial charge in [0.1, 0.15) is 0 Å². The van der Waals surface area contributed by atoms with Crippen molar-refractivity contribution in [1.82, 2.24) is 9.71 Å². The number of nitriles is 1. The van der Waals surface area contributed by atoms with Crippen LogP contribution in [0, 0.1) is 11.3 Å². The molecule has 0 radical (unpaired) electrons. The fourth-order valence-corrected chi connectivity index (χ4v) is 2.68. The molecule has 0 amide bonds. The van der Waals surface area contributed by atoms with Gasteiger partial charge >= 0.3 is 0 Å². The molecule has 0 spiro atoms. The lowest BCUT2D eigenvalue weighted by Gasteiger charge is -2.03. The highest BCUT2D eigenvalue weighted by Crippen LogP contribution is 2.20. The molecule has 6 heteroatoms. The first-order valence-electron chi connectivity index (χ1n) is 5.93. The largest absolute Gasteiger partial charge is 0.361 e. The van der Waals surface area contributed by atoms with Gasteiger partial charge in [-0.05, 0) is 36.7 Å². The monoisotopic (exact) mass is 277 g/mol. The predicted octanol–water partition coefficient (Wildman–Crippen LogP) is 1.33. The molecule has 19 heavy (non-hydrogen) atoms. The van der Waals surface area contributed by atoms with Crippen LogP contribution in [0.15, 0.2) is 24.4 Å². The van der Waals surface area contributed by atoms with E-state index in [1.807, 2.05) is 24.4 Å². The van der Waals surface area contributed by atoms with Crippen LogP contribution in [0.25, 0.3) is 10.9 Å². The summed E-state index contributed by atoms with van der Waals surface area (Å²) in [5.41, 5.74) is 2.85. The molecule has 0 unspecified atom stereocenters. The van der Waals surface area contributed by atoms with E-state index in [0.717, 1.165) is 22.0 Å². The van der Waals surface area contributed by atoms with Gasteiger partial charge in [0, 0.05) is 17.1 Å². The Labute approximate surface area is 112 Å². The van der Waals surface area contributed by atoms with E-state index in [4.69, 9.17) is 5.26 Å². The molecule has 0 aliphatic rings. The van der Waals surface area contributed by atoms with E-state index in [9.17, 15) is 8.42 Å². The normalized spacial score (nSPS) is 11.6. The maximum atomic E-state index is 11.4. The number of aromatic nitrogens is 1. The van der Waals surface area contributed by atoms with Crippen molar-refractivity contribution in [3.8, 4) is 6.07 Å². The lowest BCUT2D eigenvalue weighted by atomic mass is 10.1. The molecule has 0 fully saturated rings. The molecule has 2 rings (SSSR count). The number of fused-ring (bicyclic) bond motifs is 1. The summed E-state index contributed by atoms with van der Waals surface area (Å²) in [5, 5.41) is 9.74. The standard InChI is InChI=1S/C13H15N3O2S/c1-15-19(17,18)7-5-10-2-3-13-12(8-10)11(4-6-14)9-16-13/h2-3,8-9,15-16H,4-5,7H2,1H3. The van der Waals surface area contributed by atoms with Crippen LogP contribution in [0.5, 0.6) is 0 Å². The predicted molar refractivity (Wildman–Crippen MR) is 74.2 cm³/mol. The third kappa shape index (κ3) is 3.13. The molecule has 5 nitrogen and oxygen atoms in total. The summed E-state index contributed by atoms with van der Waals surface area (Å²) in [6.07, 6.45) is 2.62. The van der Waals surface area contributed by atoms with Crippen molar-refractivity contribution in [3.63, 3.8) is 0 Å². The second-order valence-corrected chi connectivity index (χ2v) is 6.35. The lowest BCUT2D eigenvalue weighted by Crippen LogP contribution is -2.23. The van der Waals surface area contributed by atoms with Crippen LogP contribution in [-0.2, 0) is 22.9 Å². The van der Waals surface area contributed by atoms with E-state index < -0.39 is 10.0 Å². The zero-order chi connectivity index (χ0) is 13.9. The number of H-pyrrole nitrogens is 1. The third-order valence-electron chi connectivity index (χ3n) is 3.07. The van der Waals surface area contributed by atoms with Gasteiger partial charge in [-0.25, -0.2) is 13.1 Å². The molecule has 100 valence electrons. The maximum Gasteiger partial charge on any atom is 0.211 e. The fraction of sp³-hybridized carbons (Fsp3) is 0.308. The van der Waals surface area contributed by atoms with Gasteiger partial charge in [0.15, 0.2) is 0 Å². The van der Waals surface area contributed by atoms with E-state index in [2.05, 4.69) is 15.8 Å². The van der Waals surface area contributed by atoms with Crippen LogP contribution >= 0.6 is 0 Å². The Bertz CT molecular complexity index is 726. The third-order valence-corrected chi connectivity index (χ3v) is 4.44. The van der Waals surface area contributed by atoms with E-state index in [1.54, 1.807) is 0 Å². The number of aryl methyl sites for hydroxylation is 1. The summed E-state index contributed by atoms with van der Waals surface area (Å²) in [6.45, 7) is 0. The number of nitrogens with one attached hydrogen (secondary N) is 2. The van der Waals surface area contributed by atoms with Crippen LogP contribution in [0.3, 0.4) is 0 Å². The number of hydrogen-bond acceptors (Lipinski definition) is 3. The summed E-state index contributed by atoms with van der Waals surface area (Å²) < 4.78 is 25.1. The highest BCUT2D eigenvalue weighted by atomic mass is 32.2. The minimum atomic E-state index is -3.19. The Balaban J connectivity index is 2.26. The lowest BCUT2D eigenvalue weighted by molar-refractivity contribution is 0.587. The number of sulfonamides is 1. The van der Waals surface area contributed by atoms with Gasteiger partial charge in [-0.3, -0.25) is 0 Å². The molecule has 1 aromatic carbocycles. The van der Waals surface area contributed by atoms with Gasteiger partial charge in [0.05, 0.1) is 18.2 Å². The first-order valence-corrected chi connectivity index (χ1v) is 7.58. The van der Waals surface area contributed by atoms with E-state index in [0.29, 0.717) is 12.8 Å². The highest BCUT2D eigenvalue weighted by Gasteiger charge is 2.09. The summed E-state index contributed by atoms with van der Waals surface area (Å²) >= 11 is 0. The Morgan fingerprint density at radius 1 is 1.42 bits per heavy atom. The molecular weight excluding hydrogens is 262 g/mol. The molecular formula is C13H15N3O2S. The van der Waals surface area contributed by atoms with Crippen molar-refractivity contribution in [1.29, 1.82) is 5.26 Å². The molecule has 0 atom stereocenters. The summed E-state index contributed by atoms with van der Waals surface area (Å²) in [7, 11) is -1.78. The van der Waals surface area contributed by atoms with Gasteiger partial charge in [-0.1, -0.05) is 6.07 Å². The van der Waals surface area contributed by atoms with Crippen molar-refractivity contribution in [2.45, 2.75) is 12.8 Å². The number of nitrogens with zero attached hydrogens (tertiary/aromatic N) is 1. The maximum absolute atomic E-state index is 11.4. The SMILES string of the molecule is CNS(=O)(=O)CCc1ccc2[nH]cc(CC#N)c2c1. The zero-order valence-electron chi connectivity index (χ0n) is 10.6. The van der Waals surface area contributed by atoms with Crippen LogP contribution in [0.2, 0.25) is 0 Å². The van der Waals surface area contributed by atoms with E-state index in [1.165, 1.54) is 7.05 Å². The highest BCUT2D eigenvalue weighted by molar-refractivity contribution is 7.89. The smallest absolute Gasteiger partial charge is 0.211 e. The summed E-state index contributed by atoms with van der Waals surface area (Å²) in [6, 6.07) is 7.89. The van der Waals surface area contributed by atoms with E-state index >= 15 is 0 Å². The minimum Gasteiger partial charge on any atom is -0.361 e. The molecule has 2 aromatic rings. The fourth-order valence-electron chi connectivity index (χ4n) is 1.97. The molecule has 0 aliphatic heterocycles. The Morgan fingerprint density at radius 2 is 2.21 bits per heavy atom. The van der Waals surface area contributed by atoms with Crippen molar-refractivity contribution >= 4 is 20.9 Å². The van der Waals surface area contributed by atoms with Crippen molar-refractivity contribution in [3.05, 3.63) is 35.5 Å². The Hall–Kier alpha value is -1.84. The first-order chi connectivity index (χ1) is 9.05. The second-order valence-electron chi connectivity index (χ2n) is 4.30. The van der Waals surface area contributed by atoms with Gasteiger partial charge in [-0.2, -0.15) is 5.26 Å².